The Hall–Kier alpha value is -2.46. The number of anilines is 1. The summed E-state index contributed by atoms with van der Waals surface area (Å²) in [6.45, 7) is 1.46. The van der Waals surface area contributed by atoms with Crippen LogP contribution in [0.25, 0.3) is 0 Å². The minimum atomic E-state index is -1.24. The molecule has 0 radical (unpaired) electrons. The number of hydrogen-bond donors (Lipinski definition) is 2. The molecule has 0 aliphatic heterocycles. The Morgan fingerprint density at radius 1 is 1.05 bits per heavy atom. The highest BCUT2D eigenvalue weighted by Crippen LogP contribution is 2.16. The Morgan fingerprint density at radius 2 is 1.75 bits per heavy atom. The number of carbonyl (C=O) groups is 2. The van der Waals surface area contributed by atoms with Gasteiger partial charge in [-0.1, -0.05) is 42.5 Å². The zero-order chi connectivity index (χ0) is 14.5. The molecule has 0 bridgehead atoms. The fourth-order valence-corrected chi connectivity index (χ4v) is 1.81. The zero-order valence-corrected chi connectivity index (χ0v) is 11.0. The lowest BCUT2D eigenvalue weighted by Crippen LogP contribution is -2.20. The molecule has 1 unspecified atom stereocenters. The van der Waals surface area contributed by atoms with Crippen LogP contribution in [0.5, 0.6) is 0 Å². The van der Waals surface area contributed by atoms with Gasteiger partial charge in [-0.05, 0) is 24.6 Å². The van der Waals surface area contributed by atoms with Crippen LogP contribution < -0.4 is 5.32 Å². The third-order valence-electron chi connectivity index (χ3n) is 2.90. The van der Waals surface area contributed by atoms with E-state index in [9.17, 15) is 14.7 Å². The van der Waals surface area contributed by atoms with Crippen LogP contribution in [0.3, 0.4) is 0 Å². The molecule has 102 valence electrons. The summed E-state index contributed by atoms with van der Waals surface area (Å²) in [4.78, 5) is 23.2. The van der Waals surface area contributed by atoms with Crippen molar-refractivity contribution in [3.63, 3.8) is 0 Å². The lowest BCUT2D eigenvalue weighted by atomic mass is 10.1. The van der Waals surface area contributed by atoms with Crippen molar-refractivity contribution in [1.82, 2.24) is 0 Å². The number of carbonyl (C=O) groups excluding carboxylic acids is 2. The molecule has 0 aliphatic carbocycles. The van der Waals surface area contributed by atoms with Gasteiger partial charge >= 0.3 is 0 Å². The van der Waals surface area contributed by atoms with Gasteiger partial charge < -0.3 is 10.4 Å². The number of nitrogens with one attached hydrogen (secondary N) is 1. The number of aliphatic hydroxyl groups is 1. The topological polar surface area (TPSA) is 66.4 Å². The van der Waals surface area contributed by atoms with Crippen molar-refractivity contribution in [1.29, 1.82) is 0 Å². The molecule has 0 saturated carbocycles. The molecule has 4 heteroatoms. The Balaban J connectivity index is 2.12. The van der Waals surface area contributed by atoms with E-state index in [1.807, 2.05) is 6.07 Å². The van der Waals surface area contributed by atoms with Gasteiger partial charge in [0.2, 0.25) is 0 Å². The molecule has 20 heavy (non-hydrogen) atoms. The zero-order valence-electron chi connectivity index (χ0n) is 11.0. The molecular weight excluding hydrogens is 254 g/mol. The van der Waals surface area contributed by atoms with Crippen LogP contribution in [0.1, 0.15) is 28.9 Å². The summed E-state index contributed by atoms with van der Waals surface area (Å²) in [5, 5.41) is 12.5. The summed E-state index contributed by atoms with van der Waals surface area (Å²) in [5.41, 5.74) is 1.52. The second-order valence-electron chi connectivity index (χ2n) is 4.44. The third kappa shape index (κ3) is 3.30. The smallest absolute Gasteiger partial charge is 0.257 e. The molecule has 2 aromatic carbocycles. The third-order valence-corrected chi connectivity index (χ3v) is 2.90. The van der Waals surface area contributed by atoms with Crippen molar-refractivity contribution in [2.45, 2.75) is 13.0 Å². The lowest BCUT2D eigenvalue weighted by Gasteiger charge is -2.12. The number of rotatable bonds is 4. The maximum atomic E-state index is 11.9. The molecule has 2 N–H and O–H groups in total. The van der Waals surface area contributed by atoms with Gasteiger partial charge in [-0.3, -0.25) is 9.59 Å². The highest BCUT2D eigenvalue weighted by Gasteiger charge is 2.17. The van der Waals surface area contributed by atoms with Gasteiger partial charge in [0.15, 0.2) is 11.9 Å². The Labute approximate surface area is 117 Å². The van der Waals surface area contributed by atoms with Gasteiger partial charge in [0.05, 0.1) is 0 Å². The molecule has 0 saturated heterocycles. The van der Waals surface area contributed by atoms with E-state index in [2.05, 4.69) is 5.32 Å². The summed E-state index contributed by atoms with van der Waals surface area (Å²) in [5.74, 6) is -0.610. The molecule has 4 nitrogen and oxygen atoms in total. The van der Waals surface area contributed by atoms with E-state index in [1.54, 1.807) is 48.5 Å². The van der Waals surface area contributed by atoms with Crippen LogP contribution in [-0.2, 0) is 4.79 Å². The Kier molecular flexibility index (Phi) is 4.27. The number of Topliss-reactive ketones (excluding diaryl/α,β-unsaturated/α-hetero) is 1. The first-order valence-electron chi connectivity index (χ1n) is 6.23. The maximum Gasteiger partial charge on any atom is 0.257 e. The fourth-order valence-electron chi connectivity index (χ4n) is 1.81. The molecule has 1 atom stereocenters. The van der Waals surface area contributed by atoms with Gasteiger partial charge in [0.25, 0.3) is 5.91 Å². The first-order chi connectivity index (χ1) is 9.58. The quantitative estimate of drug-likeness (QED) is 0.838. The normalized spacial score (nSPS) is 11.7. The molecule has 2 aromatic rings. The van der Waals surface area contributed by atoms with E-state index >= 15 is 0 Å². The van der Waals surface area contributed by atoms with Crippen LogP contribution in [-0.4, -0.2) is 16.8 Å². The van der Waals surface area contributed by atoms with Crippen molar-refractivity contribution in [2.75, 3.05) is 5.32 Å². The minimum absolute atomic E-state index is 0.0790. The van der Waals surface area contributed by atoms with Crippen molar-refractivity contribution in [3.8, 4) is 0 Å². The summed E-state index contributed by atoms with van der Waals surface area (Å²) in [7, 11) is 0. The largest absolute Gasteiger partial charge is 0.378 e. The fraction of sp³-hybridized carbons (Fsp3) is 0.125. The van der Waals surface area contributed by atoms with E-state index in [-0.39, 0.29) is 5.78 Å². The van der Waals surface area contributed by atoms with E-state index in [4.69, 9.17) is 0 Å². The van der Waals surface area contributed by atoms with Crippen LogP contribution in [0.4, 0.5) is 5.69 Å². The molecule has 1 amide bonds. The monoisotopic (exact) mass is 269 g/mol. The van der Waals surface area contributed by atoms with Crippen molar-refractivity contribution in [2.24, 2.45) is 0 Å². The molecule has 2 rings (SSSR count). The molecule has 0 heterocycles. The number of aliphatic hydroxyl groups excluding tert-OH is 1. The van der Waals surface area contributed by atoms with E-state index in [1.165, 1.54) is 6.92 Å². The molecular formula is C16H15NO3. The second-order valence-corrected chi connectivity index (χ2v) is 4.44. The molecule has 0 fully saturated rings. The Morgan fingerprint density at radius 3 is 2.40 bits per heavy atom. The molecule has 0 aliphatic rings. The second kappa shape index (κ2) is 6.12. The standard InChI is InChI=1S/C16H15NO3/c1-11(18)13-8-5-9-14(10-13)17-16(20)15(19)12-6-3-2-4-7-12/h2-10,15,19H,1H3,(H,17,20). The SMILES string of the molecule is CC(=O)c1cccc(NC(=O)C(O)c2ccccc2)c1. The van der Waals surface area contributed by atoms with E-state index < -0.39 is 12.0 Å². The van der Waals surface area contributed by atoms with Crippen molar-refractivity contribution in [3.05, 3.63) is 65.7 Å². The summed E-state index contributed by atoms with van der Waals surface area (Å²) < 4.78 is 0. The van der Waals surface area contributed by atoms with Gasteiger partial charge in [-0.25, -0.2) is 0 Å². The number of amides is 1. The van der Waals surface area contributed by atoms with Crippen LogP contribution in [0, 0.1) is 0 Å². The van der Waals surface area contributed by atoms with Crippen LogP contribution >= 0.6 is 0 Å². The van der Waals surface area contributed by atoms with Crippen molar-refractivity contribution < 1.29 is 14.7 Å². The van der Waals surface area contributed by atoms with Gasteiger partial charge in [-0.2, -0.15) is 0 Å². The predicted molar refractivity (Wildman–Crippen MR) is 76.5 cm³/mol. The number of hydrogen-bond acceptors (Lipinski definition) is 3. The molecule has 0 spiro atoms. The lowest BCUT2D eigenvalue weighted by molar-refractivity contribution is -0.124. The van der Waals surface area contributed by atoms with Crippen LogP contribution in [0.15, 0.2) is 54.6 Å². The minimum Gasteiger partial charge on any atom is -0.378 e. The first-order valence-corrected chi connectivity index (χ1v) is 6.23. The highest BCUT2D eigenvalue weighted by molar-refractivity contribution is 5.98. The predicted octanol–water partition coefficient (Wildman–Crippen LogP) is 2.56. The first kappa shape index (κ1) is 14.0. The summed E-state index contributed by atoms with van der Waals surface area (Å²) >= 11 is 0. The summed E-state index contributed by atoms with van der Waals surface area (Å²) in [6, 6.07) is 15.3. The molecule has 0 aromatic heterocycles. The van der Waals surface area contributed by atoms with E-state index in [0.29, 0.717) is 16.8 Å². The highest BCUT2D eigenvalue weighted by atomic mass is 16.3. The Bertz CT molecular complexity index is 623. The maximum absolute atomic E-state index is 11.9. The van der Waals surface area contributed by atoms with Gasteiger partial charge in [-0.15, -0.1) is 0 Å². The number of ketones is 1. The van der Waals surface area contributed by atoms with E-state index in [0.717, 1.165) is 0 Å². The van der Waals surface area contributed by atoms with Crippen LogP contribution in [0.2, 0.25) is 0 Å². The average molecular weight is 269 g/mol. The van der Waals surface area contributed by atoms with Gasteiger partial charge in [0.1, 0.15) is 0 Å². The number of benzene rings is 2. The average Bonchev–Trinajstić information content (AvgIpc) is 2.47. The van der Waals surface area contributed by atoms with Crippen molar-refractivity contribution >= 4 is 17.4 Å². The summed E-state index contributed by atoms with van der Waals surface area (Å²) in [6.07, 6.45) is -1.24. The van der Waals surface area contributed by atoms with Gasteiger partial charge in [0, 0.05) is 11.3 Å².